The van der Waals surface area contributed by atoms with Crippen LogP contribution in [0.3, 0.4) is 0 Å². The number of nitrogens with zero attached hydrogens (tertiary/aromatic N) is 3. The first kappa shape index (κ1) is 16.6. The highest BCUT2D eigenvalue weighted by molar-refractivity contribution is 7.92. The second-order valence-electron chi connectivity index (χ2n) is 4.98. The van der Waals surface area contributed by atoms with E-state index < -0.39 is 10.0 Å². The summed E-state index contributed by atoms with van der Waals surface area (Å²) in [6, 6.07) is 17.4. The summed E-state index contributed by atoms with van der Waals surface area (Å²) in [5.74, 6) is 0.0252. The molecule has 3 aromatic rings. The van der Waals surface area contributed by atoms with Crippen LogP contribution in [-0.2, 0) is 10.0 Å². The molecule has 0 radical (unpaired) electrons. The smallest absolute Gasteiger partial charge is 0.264 e. The van der Waals surface area contributed by atoms with Crippen LogP contribution in [0, 0.1) is 0 Å². The van der Waals surface area contributed by atoms with E-state index in [1.807, 2.05) is 30.3 Å². The Labute approximate surface area is 145 Å². The molecule has 1 aromatic heterocycles. The van der Waals surface area contributed by atoms with Crippen LogP contribution in [0.5, 0.6) is 0 Å². The topological polar surface area (TPSA) is 96.3 Å². The van der Waals surface area contributed by atoms with Gasteiger partial charge in [-0.1, -0.05) is 30.3 Å². The Kier molecular flexibility index (Phi) is 5.00. The highest BCUT2D eigenvalue weighted by Crippen LogP contribution is 2.16. The van der Waals surface area contributed by atoms with Gasteiger partial charge in [0, 0.05) is 12.4 Å². The number of rotatable bonds is 6. The zero-order valence-electron chi connectivity index (χ0n) is 13.1. The second-order valence-corrected chi connectivity index (χ2v) is 6.67. The normalized spacial score (nSPS) is 11.4. The van der Waals surface area contributed by atoms with Crippen molar-refractivity contribution in [3.63, 3.8) is 0 Å². The SMILES string of the molecule is O=S(=O)(Nc1ncccn1)c1ccc(N/N=C/c2ccccc2)cc1. The van der Waals surface area contributed by atoms with Gasteiger partial charge in [-0.25, -0.2) is 23.1 Å². The average molecular weight is 353 g/mol. The molecule has 0 aliphatic heterocycles. The third kappa shape index (κ3) is 4.61. The van der Waals surface area contributed by atoms with Crippen molar-refractivity contribution >= 4 is 27.9 Å². The standard InChI is InChI=1S/C17H15N5O2S/c23-25(24,22-17-18-11-4-12-19-17)16-9-7-15(8-10-16)21-20-13-14-5-2-1-3-6-14/h1-13,21H,(H,18,19,22)/b20-13+. The van der Waals surface area contributed by atoms with Gasteiger partial charge in [0.05, 0.1) is 16.8 Å². The largest absolute Gasteiger partial charge is 0.279 e. The summed E-state index contributed by atoms with van der Waals surface area (Å²) in [6.07, 6.45) is 4.60. The molecule has 0 saturated carbocycles. The van der Waals surface area contributed by atoms with Crippen molar-refractivity contribution < 1.29 is 8.42 Å². The minimum absolute atomic E-state index is 0.0252. The number of hydrogen-bond donors (Lipinski definition) is 2. The fraction of sp³-hybridized carbons (Fsp3) is 0. The Morgan fingerprint density at radius 3 is 2.24 bits per heavy atom. The van der Waals surface area contributed by atoms with Gasteiger partial charge < -0.3 is 0 Å². The van der Waals surface area contributed by atoms with Gasteiger partial charge in [0.15, 0.2) is 0 Å². The summed E-state index contributed by atoms with van der Waals surface area (Å²) in [5, 5.41) is 4.11. The Balaban J connectivity index is 1.66. The van der Waals surface area contributed by atoms with Crippen molar-refractivity contribution in [2.45, 2.75) is 4.90 Å². The predicted molar refractivity (Wildman–Crippen MR) is 96.9 cm³/mol. The van der Waals surface area contributed by atoms with E-state index in [0.717, 1.165) is 5.56 Å². The first-order valence-corrected chi connectivity index (χ1v) is 8.86. The molecule has 0 unspecified atom stereocenters. The first-order chi connectivity index (χ1) is 12.1. The summed E-state index contributed by atoms with van der Waals surface area (Å²) in [4.78, 5) is 7.80. The van der Waals surface area contributed by atoms with E-state index in [2.05, 4.69) is 25.2 Å². The van der Waals surface area contributed by atoms with Crippen LogP contribution < -0.4 is 10.1 Å². The third-order valence-electron chi connectivity index (χ3n) is 3.16. The minimum Gasteiger partial charge on any atom is -0.279 e. The van der Waals surface area contributed by atoms with E-state index in [4.69, 9.17) is 0 Å². The molecule has 8 heteroatoms. The van der Waals surface area contributed by atoms with Gasteiger partial charge in [-0.3, -0.25) is 5.43 Å². The number of benzene rings is 2. The van der Waals surface area contributed by atoms with E-state index in [1.165, 1.54) is 24.5 Å². The van der Waals surface area contributed by atoms with Crippen molar-refractivity contribution in [3.8, 4) is 0 Å². The number of sulfonamides is 1. The minimum atomic E-state index is -3.73. The molecule has 0 aliphatic rings. The molecule has 2 N–H and O–H groups in total. The number of anilines is 2. The maximum Gasteiger partial charge on any atom is 0.264 e. The molecular formula is C17H15N5O2S. The van der Waals surface area contributed by atoms with Gasteiger partial charge in [-0.2, -0.15) is 5.10 Å². The molecule has 0 atom stereocenters. The van der Waals surface area contributed by atoms with Crippen LogP contribution in [0.25, 0.3) is 0 Å². The van der Waals surface area contributed by atoms with Crippen molar-refractivity contribution in [1.82, 2.24) is 9.97 Å². The van der Waals surface area contributed by atoms with Gasteiger partial charge in [0.25, 0.3) is 10.0 Å². The van der Waals surface area contributed by atoms with Crippen LogP contribution in [0.15, 0.2) is 83.1 Å². The van der Waals surface area contributed by atoms with Crippen molar-refractivity contribution in [2.24, 2.45) is 5.10 Å². The van der Waals surface area contributed by atoms with Gasteiger partial charge in [0.2, 0.25) is 5.95 Å². The summed E-state index contributed by atoms with van der Waals surface area (Å²) in [5.41, 5.74) is 4.48. The number of hydrogen-bond acceptors (Lipinski definition) is 6. The fourth-order valence-corrected chi connectivity index (χ4v) is 2.92. The molecule has 0 spiro atoms. The predicted octanol–water partition coefficient (Wildman–Crippen LogP) is 2.72. The molecule has 1 heterocycles. The van der Waals surface area contributed by atoms with Crippen LogP contribution in [0.2, 0.25) is 0 Å². The zero-order chi connectivity index (χ0) is 17.5. The molecule has 0 fully saturated rings. The number of nitrogens with one attached hydrogen (secondary N) is 2. The summed E-state index contributed by atoms with van der Waals surface area (Å²) >= 11 is 0. The average Bonchev–Trinajstić information content (AvgIpc) is 2.64. The molecule has 0 saturated heterocycles. The Morgan fingerprint density at radius 1 is 0.880 bits per heavy atom. The molecule has 0 amide bonds. The number of aromatic nitrogens is 2. The Morgan fingerprint density at radius 2 is 1.56 bits per heavy atom. The monoisotopic (exact) mass is 353 g/mol. The van der Waals surface area contributed by atoms with Crippen molar-refractivity contribution in [3.05, 3.63) is 78.6 Å². The Bertz CT molecular complexity index is 943. The molecule has 126 valence electrons. The van der Waals surface area contributed by atoms with Crippen LogP contribution in [0.1, 0.15) is 5.56 Å². The van der Waals surface area contributed by atoms with Crippen LogP contribution in [0.4, 0.5) is 11.6 Å². The molecular weight excluding hydrogens is 338 g/mol. The van der Waals surface area contributed by atoms with Crippen LogP contribution >= 0.6 is 0 Å². The second kappa shape index (κ2) is 7.54. The lowest BCUT2D eigenvalue weighted by molar-refractivity contribution is 0.601. The summed E-state index contributed by atoms with van der Waals surface area (Å²) in [7, 11) is -3.73. The van der Waals surface area contributed by atoms with E-state index in [9.17, 15) is 8.42 Å². The van der Waals surface area contributed by atoms with Crippen LogP contribution in [-0.4, -0.2) is 24.6 Å². The molecule has 7 nitrogen and oxygen atoms in total. The van der Waals surface area contributed by atoms with Gasteiger partial charge >= 0.3 is 0 Å². The van der Waals surface area contributed by atoms with E-state index in [-0.39, 0.29) is 10.8 Å². The number of hydrazone groups is 1. The van der Waals surface area contributed by atoms with E-state index >= 15 is 0 Å². The Hall–Kier alpha value is -3.26. The lowest BCUT2D eigenvalue weighted by Gasteiger charge is -2.07. The van der Waals surface area contributed by atoms with Crippen molar-refractivity contribution in [2.75, 3.05) is 10.1 Å². The third-order valence-corrected chi connectivity index (χ3v) is 4.51. The molecule has 0 bridgehead atoms. The zero-order valence-corrected chi connectivity index (χ0v) is 13.9. The maximum atomic E-state index is 12.3. The van der Waals surface area contributed by atoms with E-state index in [0.29, 0.717) is 5.69 Å². The highest BCUT2D eigenvalue weighted by Gasteiger charge is 2.15. The van der Waals surface area contributed by atoms with Gasteiger partial charge in [0.1, 0.15) is 0 Å². The lowest BCUT2D eigenvalue weighted by atomic mass is 10.2. The quantitative estimate of drug-likeness (QED) is 0.525. The fourth-order valence-electron chi connectivity index (χ4n) is 1.96. The molecule has 0 aliphatic carbocycles. The molecule has 3 rings (SSSR count). The lowest BCUT2D eigenvalue weighted by Crippen LogP contribution is -2.14. The maximum absolute atomic E-state index is 12.3. The van der Waals surface area contributed by atoms with Gasteiger partial charge in [-0.05, 0) is 35.9 Å². The summed E-state index contributed by atoms with van der Waals surface area (Å²) in [6.45, 7) is 0. The first-order valence-electron chi connectivity index (χ1n) is 7.37. The van der Waals surface area contributed by atoms with E-state index in [1.54, 1.807) is 24.4 Å². The van der Waals surface area contributed by atoms with Crippen molar-refractivity contribution in [1.29, 1.82) is 0 Å². The molecule has 25 heavy (non-hydrogen) atoms. The van der Waals surface area contributed by atoms with Gasteiger partial charge in [-0.15, -0.1) is 0 Å². The molecule has 2 aromatic carbocycles. The highest BCUT2D eigenvalue weighted by atomic mass is 32.2. The summed E-state index contributed by atoms with van der Waals surface area (Å²) < 4.78 is 26.9.